The van der Waals surface area contributed by atoms with Crippen LogP contribution in [0.4, 0.5) is 10.1 Å². The third-order valence-corrected chi connectivity index (χ3v) is 6.10. The van der Waals surface area contributed by atoms with Crippen LogP contribution in [0.2, 0.25) is 0 Å². The van der Waals surface area contributed by atoms with Gasteiger partial charge in [0, 0.05) is 16.8 Å². The molecule has 2 atom stereocenters. The number of thiophene rings is 1. The predicted molar refractivity (Wildman–Crippen MR) is 106 cm³/mol. The van der Waals surface area contributed by atoms with E-state index in [2.05, 4.69) is 32.3 Å². The minimum absolute atomic E-state index is 0.0517. The van der Waals surface area contributed by atoms with E-state index < -0.39 is 0 Å². The van der Waals surface area contributed by atoms with Gasteiger partial charge in [-0.3, -0.25) is 4.98 Å². The minimum Gasteiger partial charge on any atom is -0.351 e. The quantitative estimate of drug-likeness (QED) is 0.572. The van der Waals surface area contributed by atoms with Crippen LogP contribution in [0, 0.1) is 5.82 Å². The fraction of sp³-hybridized carbons (Fsp3) is 0.111. The van der Waals surface area contributed by atoms with Crippen LogP contribution in [0.25, 0.3) is 0 Å². The van der Waals surface area contributed by atoms with Crippen LogP contribution >= 0.6 is 39.5 Å². The molecule has 0 bridgehead atoms. The molecule has 0 radical (unpaired) electrons. The highest BCUT2D eigenvalue weighted by atomic mass is 79.9. The molecule has 1 saturated heterocycles. The average Bonchev–Trinajstić information content (AvgIpc) is 3.20. The fourth-order valence-electron chi connectivity index (χ4n) is 3.01. The Labute approximate surface area is 162 Å². The third kappa shape index (κ3) is 3.19. The number of anilines is 1. The van der Waals surface area contributed by atoms with Crippen molar-refractivity contribution in [1.29, 1.82) is 0 Å². The Balaban J connectivity index is 1.81. The van der Waals surface area contributed by atoms with Crippen molar-refractivity contribution >= 4 is 50.3 Å². The zero-order valence-corrected chi connectivity index (χ0v) is 16.1. The van der Waals surface area contributed by atoms with E-state index in [1.807, 2.05) is 29.2 Å². The molecule has 25 heavy (non-hydrogen) atoms. The van der Waals surface area contributed by atoms with Crippen molar-refractivity contribution < 1.29 is 4.39 Å². The summed E-state index contributed by atoms with van der Waals surface area (Å²) in [6.45, 7) is 0. The molecule has 1 fully saturated rings. The smallest absolute Gasteiger partial charge is 0.174 e. The van der Waals surface area contributed by atoms with Crippen LogP contribution in [0.3, 0.4) is 0 Å². The third-order valence-electron chi connectivity index (χ3n) is 4.09. The number of thiocarbonyl (C=S) groups is 1. The van der Waals surface area contributed by atoms with Crippen molar-refractivity contribution in [3.63, 3.8) is 0 Å². The topological polar surface area (TPSA) is 28.2 Å². The summed E-state index contributed by atoms with van der Waals surface area (Å²) in [4.78, 5) is 7.69. The monoisotopic (exact) mass is 433 g/mol. The maximum Gasteiger partial charge on any atom is 0.174 e. The summed E-state index contributed by atoms with van der Waals surface area (Å²) in [7, 11) is 0. The molecule has 1 N–H and O–H groups in total. The van der Waals surface area contributed by atoms with Gasteiger partial charge >= 0.3 is 0 Å². The van der Waals surface area contributed by atoms with Crippen LogP contribution < -0.4 is 10.2 Å². The van der Waals surface area contributed by atoms with Crippen LogP contribution in [0.15, 0.2) is 64.6 Å². The van der Waals surface area contributed by atoms with Crippen molar-refractivity contribution in [1.82, 2.24) is 10.3 Å². The van der Waals surface area contributed by atoms with Gasteiger partial charge in [0.15, 0.2) is 5.11 Å². The number of nitrogens with zero attached hydrogens (tertiary/aromatic N) is 2. The Morgan fingerprint density at radius 3 is 2.56 bits per heavy atom. The van der Waals surface area contributed by atoms with E-state index in [-0.39, 0.29) is 17.9 Å². The predicted octanol–water partition coefficient (Wildman–Crippen LogP) is 5.22. The van der Waals surface area contributed by atoms with E-state index in [4.69, 9.17) is 12.2 Å². The van der Waals surface area contributed by atoms with Crippen molar-refractivity contribution in [2.24, 2.45) is 0 Å². The molecule has 4 rings (SSSR count). The second-order valence-corrected chi connectivity index (χ2v) is 8.50. The van der Waals surface area contributed by atoms with Crippen molar-refractivity contribution in [3.8, 4) is 0 Å². The number of halogens is 2. The molecule has 0 spiro atoms. The van der Waals surface area contributed by atoms with Gasteiger partial charge in [0.2, 0.25) is 0 Å². The van der Waals surface area contributed by atoms with Crippen LogP contribution in [-0.4, -0.2) is 10.1 Å². The molecule has 0 amide bonds. The number of rotatable bonds is 3. The van der Waals surface area contributed by atoms with E-state index in [0.29, 0.717) is 5.11 Å². The van der Waals surface area contributed by atoms with Gasteiger partial charge in [-0.2, -0.15) is 0 Å². The van der Waals surface area contributed by atoms with Gasteiger partial charge < -0.3 is 10.2 Å². The molecule has 0 saturated carbocycles. The van der Waals surface area contributed by atoms with Crippen LogP contribution in [0.5, 0.6) is 0 Å². The summed E-state index contributed by atoms with van der Waals surface area (Å²) in [6.07, 6.45) is 1.78. The van der Waals surface area contributed by atoms with Gasteiger partial charge in [-0.25, -0.2) is 4.39 Å². The first-order valence-electron chi connectivity index (χ1n) is 7.65. The molecule has 3 heterocycles. The van der Waals surface area contributed by atoms with Gasteiger partial charge in [0.05, 0.1) is 21.6 Å². The van der Waals surface area contributed by atoms with Gasteiger partial charge in [-0.05, 0) is 76.7 Å². The Hall–Kier alpha value is -1.83. The summed E-state index contributed by atoms with van der Waals surface area (Å²) in [6, 6.07) is 16.2. The minimum atomic E-state index is -0.265. The molecule has 1 aromatic carbocycles. The maximum absolute atomic E-state index is 13.4. The molecule has 3 nitrogen and oxygen atoms in total. The number of aromatic nitrogens is 1. The zero-order chi connectivity index (χ0) is 17.4. The summed E-state index contributed by atoms with van der Waals surface area (Å²) in [5.41, 5.74) is 1.77. The standard InChI is InChI=1S/C18H13BrFN3S2/c19-15-9-8-14(25-15)17-16(13-3-1-2-10-21-13)22-18(24)23(17)12-6-4-11(20)5-7-12/h1-10,16-17H,(H,22,24)/t16-,17-/m0/s1. The molecule has 1 aliphatic rings. The summed E-state index contributed by atoms with van der Waals surface area (Å²) in [5, 5.41) is 3.99. The van der Waals surface area contributed by atoms with E-state index in [0.717, 1.165) is 20.0 Å². The van der Waals surface area contributed by atoms with Crippen LogP contribution in [0.1, 0.15) is 22.7 Å². The van der Waals surface area contributed by atoms with E-state index in [1.165, 1.54) is 12.1 Å². The SMILES string of the molecule is Fc1ccc(N2C(=S)N[C@@H](c3ccccn3)[C@@H]2c2ccc(Br)s2)cc1. The Kier molecular flexibility index (Phi) is 4.54. The van der Waals surface area contributed by atoms with E-state index >= 15 is 0 Å². The average molecular weight is 434 g/mol. The van der Waals surface area contributed by atoms with Crippen molar-refractivity contribution in [3.05, 3.63) is 81.0 Å². The molecule has 0 aliphatic carbocycles. The summed E-state index contributed by atoms with van der Waals surface area (Å²) < 4.78 is 14.4. The van der Waals surface area contributed by atoms with Gasteiger partial charge in [0.1, 0.15) is 5.82 Å². The first kappa shape index (κ1) is 16.6. The van der Waals surface area contributed by atoms with E-state index in [9.17, 15) is 4.39 Å². The molecular formula is C18H13BrFN3S2. The molecule has 126 valence electrons. The lowest BCUT2D eigenvalue weighted by Gasteiger charge is -2.26. The highest BCUT2D eigenvalue weighted by Gasteiger charge is 2.41. The lowest BCUT2D eigenvalue weighted by atomic mass is 10.0. The number of pyridine rings is 1. The molecule has 3 aromatic rings. The molecule has 0 unspecified atom stereocenters. The second kappa shape index (κ2) is 6.82. The van der Waals surface area contributed by atoms with Crippen molar-refractivity contribution in [2.75, 3.05) is 4.90 Å². The van der Waals surface area contributed by atoms with Crippen molar-refractivity contribution in [2.45, 2.75) is 12.1 Å². The fourth-order valence-corrected chi connectivity index (χ4v) is 4.91. The second-order valence-electron chi connectivity index (χ2n) is 5.61. The van der Waals surface area contributed by atoms with Gasteiger partial charge in [-0.15, -0.1) is 11.3 Å². The van der Waals surface area contributed by atoms with Crippen LogP contribution in [-0.2, 0) is 0 Å². The lowest BCUT2D eigenvalue weighted by molar-refractivity contribution is 0.575. The van der Waals surface area contributed by atoms with E-state index in [1.54, 1.807) is 29.7 Å². The number of hydrogen-bond acceptors (Lipinski definition) is 3. The first-order valence-corrected chi connectivity index (χ1v) is 9.67. The molecular weight excluding hydrogens is 421 g/mol. The Bertz CT molecular complexity index is 898. The first-order chi connectivity index (χ1) is 12.1. The Morgan fingerprint density at radius 2 is 1.92 bits per heavy atom. The summed E-state index contributed by atoms with van der Waals surface area (Å²) in [5.74, 6) is -0.265. The number of benzene rings is 1. The highest BCUT2D eigenvalue weighted by Crippen LogP contribution is 2.44. The molecule has 2 aromatic heterocycles. The normalized spacial score (nSPS) is 19.9. The number of nitrogens with one attached hydrogen (secondary N) is 1. The summed E-state index contributed by atoms with van der Waals surface area (Å²) >= 11 is 10.8. The van der Waals surface area contributed by atoms with Gasteiger partial charge in [0.25, 0.3) is 0 Å². The zero-order valence-electron chi connectivity index (χ0n) is 12.9. The molecule has 1 aliphatic heterocycles. The number of hydrogen-bond donors (Lipinski definition) is 1. The molecule has 7 heteroatoms. The largest absolute Gasteiger partial charge is 0.351 e. The lowest BCUT2D eigenvalue weighted by Crippen LogP contribution is -2.29. The van der Waals surface area contributed by atoms with Gasteiger partial charge in [-0.1, -0.05) is 6.07 Å². The highest BCUT2D eigenvalue weighted by molar-refractivity contribution is 9.11. The Morgan fingerprint density at radius 1 is 1.12 bits per heavy atom. The maximum atomic E-state index is 13.4.